The molecule has 0 saturated carbocycles. The van der Waals surface area contributed by atoms with Gasteiger partial charge in [0.2, 0.25) is 5.95 Å². The van der Waals surface area contributed by atoms with Gasteiger partial charge < -0.3 is 15.1 Å². The van der Waals surface area contributed by atoms with Crippen molar-refractivity contribution in [1.82, 2.24) is 15.0 Å². The van der Waals surface area contributed by atoms with Gasteiger partial charge in [0.25, 0.3) is 5.91 Å². The molecule has 1 aliphatic rings. The van der Waals surface area contributed by atoms with E-state index in [2.05, 4.69) is 25.2 Å². The minimum Gasteiger partial charge on any atom is -0.361 e. The van der Waals surface area contributed by atoms with E-state index >= 15 is 0 Å². The third-order valence-electron chi connectivity index (χ3n) is 3.83. The Hall–Kier alpha value is -2.77. The molecule has 0 atom stereocenters. The minimum atomic E-state index is -0.670. The molecule has 2 aromatic rings. The maximum absolute atomic E-state index is 13.7. The van der Waals surface area contributed by atoms with E-state index in [-0.39, 0.29) is 5.56 Å². The average molecular weight is 330 g/mol. The number of carbonyl (C=O) groups is 1. The summed E-state index contributed by atoms with van der Waals surface area (Å²) < 4.78 is 13.7. The number of halogens is 1. The zero-order chi connectivity index (χ0) is 17.1. The van der Waals surface area contributed by atoms with E-state index in [0.717, 1.165) is 32.1 Å². The number of pyridine rings is 1. The summed E-state index contributed by atoms with van der Waals surface area (Å²) in [6.45, 7) is 1.86. The van der Waals surface area contributed by atoms with Gasteiger partial charge in [-0.25, -0.2) is 9.37 Å². The van der Waals surface area contributed by atoms with E-state index in [1.54, 1.807) is 11.1 Å². The van der Waals surface area contributed by atoms with Gasteiger partial charge in [0.1, 0.15) is 5.69 Å². The molecule has 1 aliphatic heterocycles. The summed E-state index contributed by atoms with van der Waals surface area (Å²) in [5, 5.41) is 2.67. The Labute approximate surface area is 139 Å². The van der Waals surface area contributed by atoms with Gasteiger partial charge in [0.15, 0.2) is 11.6 Å². The van der Waals surface area contributed by atoms with E-state index in [0.29, 0.717) is 17.5 Å². The van der Waals surface area contributed by atoms with Gasteiger partial charge in [-0.05, 0) is 18.9 Å². The lowest BCUT2D eigenvalue weighted by atomic mass is 10.2. The van der Waals surface area contributed by atoms with Crippen molar-refractivity contribution in [1.29, 1.82) is 0 Å². The maximum atomic E-state index is 13.7. The minimum absolute atomic E-state index is 0.0710. The van der Waals surface area contributed by atoms with E-state index < -0.39 is 11.7 Å². The van der Waals surface area contributed by atoms with Crippen molar-refractivity contribution >= 4 is 23.4 Å². The van der Waals surface area contributed by atoms with Crippen molar-refractivity contribution in [3.05, 3.63) is 36.0 Å². The van der Waals surface area contributed by atoms with E-state index in [1.165, 1.54) is 12.3 Å². The molecule has 0 aliphatic carbocycles. The molecule has 1 saturated heterocycles. The van der Waals surface area contributed by atoms with Gasteiger partial charge in [0.05, 0.1) is 18.0 Å². The normalized spacial score (nSPS) is 13.9. The molecule has 126 valence electrons. The van der Waals surface area contributed by atoms with Gasteiger partial charge in [0, 0.05) is 33.4 Å². The van der Waals surface area contributed by atoms with Crippen LogP contribution in [0.4, 0.5) is 21.8 Å². The van der Waals surface area contributed by atoms with E-state index in [9.17, 15) is 9.18 Å². The summed E-state index contributed by atoms with van der Waals surface area (Å²) in [5.74, 6) is -0.00876. The van der Waals surface area contributed by atoms with Gasteiger partial charge in [-0.15, -0.1) is 0 Å². The quantitative estimate of drug-likeness (QED) is 0.923. The molecular weight excluding hydrogens is 311 g/mol. The number of amides is 1. The summed E-state index contributed by atoms with van der Waals surface area (Å²) in [6.07, 6.45) is 6.19. The number of anilines is 3. The second-order valence-electron chi connectivity index (χ2n) is 5.81. The van der Waals surface area contributed by atoms with Crippen LogP contribution in [-0.2, 0) is 0 Å². The van der Waals surface area contributed by atoms with Crippen molar-refractivity contribution in [3.8, 4) is 0 Å². The Morgan fingerprint density at radius 3 is 2.71 bits per heavy atom. The molecule has 2 aromatic heterocycles. The lowest BCUT2D eigenvalue weighted by Gasteiger charge is -2.21. The number of rotatable bonds is 4. The molecule has 0 aromatic carbocycles. The van der Waals surface area contributed by atoms with Crippen LogP contribution < -0.4 is 15.1 Å². The van der Waals surface area contributed by atoms with Crippen LogP contribution in [0.2, 0.25) is 0 Å². The SMILES string of the molecule is CN(C)c1nc(N2CCCC2)ncc1NC(=O)c1ccncc1F. The third-order valence-corrected chi connectivity index (χ3v) is 3.83. The summed E-state index contributed by atoms with van der Waals surface area (Å²) in [6, 6.07) is 1.33. The molecular formula is C16H19FN6O. The molecule has 7 nitrogen and oxygen atoms in total. The Morgan fingerprint density at radius 2 is 2.04 bits per heavy atom. The van der Waals surface area contributed by atoms with Crippen LogP contribution in [0.25, 0.3) is 0 Å². The number of carbonyl (C=O) groups excluding carboxylic acids is 1. The first kappa shape index (κ1) is 16.1. The van der Waals surface area contributed by atoms with Crippen LogP contribution in [0.5, 0.6) is 0 Å². The zero-order valence-electron chi connectivity index (χ0n) is 13.7. The predicted octanol–water partition coefficient (Wildman–Crippen LogP) is 1.93. The van der Waals surface area contributed by atoms with Crippen molar-refractivity contribution in [2.45, 2.75) is 12.8 Å². The van der Waals surface area contributed by atoms with Crippen LogP contribution in [-0.4, -0.2) is 48.0 Å². The first-order chi connectivity index (χ1) is 11.6. The number of nitrogens with one attached hydrogen (secondary N) is 1. The highest BCUT2D eigenvalue weighted by Crippen LogP contribution is 2.26. The van der Waals surface area contributed by atoms with Gasteiger partial charge >= 0.3 is 0 Å². The van der Waals surface area contributed by atoms with Crippen molar-refractivity contribution < 1.29 is 9.18 Å². The van der Waals surface area contributed by atoms with Crippen LogP contribution >= 0.6 is 0 Å². The van der Waals surface area contributed by atoms with Crippen LogP contribution in [0.15, 0.2) is 24.7 Å². The largest absolute Gasteiger partial charge is 0.361 e. The first-order valence-corrected chi connectivity index (χ1v) is 7.76. The molecule has 1 fully saturated rings. The highest BCUT2D eigenvalue weighted by molar-refractivity contribution is 6.05. The van der Waals surface area contributed by atoms with Crippen molar-refractivity contribution in [2.75, 3.05) is 42.3 Å². The molecule has 0 unspecified atom stereocenters. The third kappa shape index (κ3) is 3.27. The van der Waals surface area contributed by atoms with Gasteiger partial charge in [-0.2, -0.15) is 4.98 Å². The fourth-order valence-electron chi connectivity index (χ4n) is 2.61. The Balaban J connectivity index is 1.87. The summed E-state index contributed by atoms with van der Waals surface area (Å²) in [5.41, 5.74) is 0.363. The summed E-state index contributed by atoms with van der Waals surface area (Å²) >= 11 is 0. The number of nitrogens with zero attached hydrogens (tertiary/aromatic N) is 5. The molecule has 1 amide bonds. The van der Waals surface area contributed by atoms with Gasteiger partial charge in [-0.1, -0.05) is 0 Å². The lowest BCUT2D eigenvalue weighted by Crippen LogP contribution is -2.24. The Kier molecular flexibility index (Phi) is 4.54. The van der Waals surface area contributed by atoms with Crippen molar-refractivity contribution in [2.24, 2.45) is 0 Å². The van der Waals surface area contributed by atoms with Crippen LogP contribution in [0.3, 0.4) is 0 Å². The molecule has 1 N–H and O–H groups in total. The Morgan fingerprint density at radius 1 is 1.29 bits per heavy atom. The highest BCUT2D eigenvalue weighted by atomic mass is 19.1. The molecule has 0 bridgehead atoms. The maximum Gasteiger partial charge on any atom is 0.258 e. The molecule has 3 rings (SSSR count). The van der Waals surface area contributed by atoms with Crippen molar-refractivity contribution in [3.63, 3.8) is 0 Å². The first-order valence-electron chi connectivity index (χ1n) is 7.76. The highest BCUT2D eigenvalue weighted by Gasteiger charge is 2.19. The number of aromatic nitrogens is 3. The van der Waals surface area contributed by atoms with E-state index in [1.807, 2.05) is 14.1 Å². The van der Waals surface area contributed by atoms with Crippen LogP contribution in [0, 0.1) is 5.82 Å². The topological polar surface area (TPSA) is 74.2 Å². The number of hydrogen-bond acceptors (Lipinski definition) is 6. The average Bonchev–Trinajstić information content (AvgIpc) is 3.09. The lowest BCUT2D eigenvalue weighted by molar-refractivity contribution is 0.102. The van der Waals surface area contributed by atoms with Crippen LogP contribution in [0.1, 0.15) is 23.2 Å². The second kappa shape index (κ2) is 6.77. The number of hydrogen-bond donors (Lipinski definition) is 1. The predicted molar refractivity (Wildman–Crippen MR) is 90.0 cm³/mol. The smallest absolute Gasteiger partial charge is 0.258 e. The molecule has 0 radical (unpaired) electrons. The fraction of sp³-hybridized carbons (Fsp3) is 0.375. The molecule has 0 spiro atoms. The summed E-state index contributed by atoms with van der Waals surface area (Å²) in [7, 11) is 3.66. The zero-order valence-corrected chi connectivity index (χ0v) is 13.7. The van der Waals surface area contributed by atoms with Gasteiger partial charge in [-0.3, -0.25) is 9.78 Å². The standard InChI is InChI=1S/C16H19FN6O/c1-22(2)14-13(10-19-16(21-14)23-7-3-4-8-23)20-15(24)11-5-6-18-9-12(11)17/h5-6,9-10H,3-4,7-8H2,1-2H3,(H,20,24). The monoisotopic (exact) mass is 330 g/mol. The van der Waals surface area contributed by atoms with E-state index in [4.69, 9.17) is 0 Å². The molecule has 8 heteroatoms. The Bertz CT molecular complexity index is 745. The summed E-state index contributed by atoms with van der Waals surface area (Å²) in [4.78, 5) is 28.7. The second-order valence-corrected chi connectivity index (χ2v) is 5.81. The molecule has 24 heavy (non-hydrogen) atoms. The fourth-order valence-corrected chi connectivity index (χ4v) is 2.61. The molecule has 3 heterocycles.